The highest BCUT2D eigenvalue weighted by Gasteiger charge is 2.49. The van der Waals surface area contributed by atoms with Crippen LogP contribution >= 0.6 is 0 Å². The summed E-state index contributed by atoms with van der Waals surface area (Å²) >= 11 is 0. The number of anilines is 1. The van der Waals surface area contributed by atoms with Crippen LogP contribution in [0.1, 0.15) is 37.7 Å². The van der Waals surface area contributed by atoms with Gasteiger partial charge in [-0.3, -0.25) is 14.5 Å². The number of likely N-dealkylation sites (tertiary alicyclic amines) is 1. The van der Waals surface area contributed by atoms with E-state index in [1.807, 2.05) is 18.2 Å². The fraction of sp³-hybridized carbons (Fsp3) is 0.579. The monoisotopic (exact) mass is 343 g/mol. The van der Waals surface area contributed by atoms with Gasteiger partial charge in [-0.1, -0.05) is 0 Å². The van der Waals surface area contributed by atoms with E-state index in [2.05, 4.69) is 15.5 Å². The number of fused-ring (bicyclic) bond motifs is 2. The maximum Gasteiger partial charge on any atom is 0.235 e. The molecule has 134 valence electrons. The third-order valence-corrected chi connectivity index (χ3v) is 6.27. The summed E-state index contributed by atoms with van der Waals surface area (Å²) in [5.74, 6) is 0.940. The van der Waals surface area contributed by atoms with Crippen LogP contribution in [-0.4, -0.2) is 49.5 Å². The standard InChI is InChI=1S/C19H25N3O3/c1-25-15-2-3-17-16(10-15)19(18(24)21-17)7-4-14(5-8-19)22-9-6-13(11-22)20-12-23/h2-3,10,12-14H,4-9,11H2,1H3,(H,20,23)(H,21,24). The highest BCUT2D eigenvalue weighted by Crippen LogP contribution is 2.49. The third-order valence-electron chi connectivity index (χ3n) is 6.27. The second-order valence-electron chi connectivity index (χ2n) is 7.44. The van der Waals surface area contributed by atoms with Crippen molar-refractivity contribution in [1.82, 2.24) is 10.2 Å². The van der Waals surface area contributed by atoms with Gasteiger partial charge in [0.1, 0.15) is 5.75 Å². The first-order chi connectivity index (χ1) is 12.2. The highest BCUT2D eigenvalue weighted by molar-refractivity contribution is 6.06. The normalized spacial score (nSPS) is 31.6. The second-order valence-corrected chi connectivity index (χ2v) is 7.44. The first-order valence-electron chi connectivity index (χ1n) is 9.10. The van der Waals surface area contributed by atoms with Crippen molar-refractivity contribution < 1.29 is 14.3 Å². The minimum Gasteiger partial charge on any atom is -0.497 e. The molecule has 1 spiro atoms. The van der Waals surface area contributed by atoms with Crippen LogP contribution in [0.3, 0.4) is 0 Å². The molecule has 6 heteroatoms. The van der Waals surface area contributed by atoms with Gasteiger partial charge in [0.15, 0.2) is 0 Å². The van der Waals surface area contributed by atoms with Crippen LogP contribution in [0.15, 0.2) is 18.2 Å². The van der Waals surface area contributed by atoms with E-state index in [0.29, 0.717) is 6.04 Å². The van der Waals surface area contributed by atoms with Crippen molar-refractivity contribution in [2.75, 3.05) is 25.5 Å². The summed E-state index contributed by atoms with van der Waals surface area (Å²) in [5, 5.41) is 5.96. The molecule has 0 bridgehead atoms. The predicted molar refractivity (Wildman–Crippen MR) is 94.7 cm³/mol. The van der Waals surface area contributed by atoms with Gasteiger partial charge >= 0.3 is 0 Å². The molecule has 4 rings (SSSR count). The van der Waals surface area contributed by atoms with Crippen molar-refractivity contribution in [2.24, 2.45) is 0 Å². The maximum atomic E-state index is 12.8. The summed E-state index contributed by atoms with van der Waals surface area (Å²) in [7, 11) is 1.66. The van der Waals surface area contributed by atoms with Gasteiger partial charge in [-0.15, -0.1) is 0 Å². The van der Waals surface area contributed by atoms with Crippen LogP contribution in [0, 0.1) is 0 Å². The molecule has 2 heterocycles. The van der Waals surface area contributed by atoms with Crippen LogP contribution in [-0.2, 0) is 15.0 Å². The first kappa shape index (κ1) is 16.4. The largest absolute Gasteiger partial charge is 0.497 e. The van der Waals surface area contributed by atoms with E-state index >= 15 is 0 Å². The summed E-state index contributed by atoms with van der Waals surface area (Å²) in [4.78, 5) is 25.9. The van der Waals surface area contributed by atoms with Crippen molar-refractivity contribution >= 4 is 18.0 Å². The zero-order chi connectivity index (χ0) is 17.4. The topological polar surface area (TPSA) is 70.7 Å². The Morgan fingerprint density at radius 3 is 2.84 bits per heavy atom. The molecule has 0 radical (unpaired) electrons. The summed E-state index contributed by atoms with van der Waals surface area (Å²) < 4.78 is 5.36. The molecule has 0 aromatic heterocycles. The van der Waals surface area contributed by atoms with Crippen molar-refractivity contribution in [1.29, 1.82) is 0 Å². The molecule has 1 atom stereocenters. The third kappa shape index (κ3) is 2.68. The predicted octanol–water partition coefficient (Wildman–Crippen LogP) is 1.65. The number of nitrogens with zero attached hydrogens (tertiary/aromatic N) is 1. The number of hydrogen-bond donors (Lipinski definition) is 2. The average molecular weight is 343 g/mol. The number of amides is 2. The molecule has 1 unspecified atom stereocenters. The van der Waals surface area contributed by atoms with Crippen molar-refractivity contribution in [3.05, 3.63) is 23.8 Å². The van der Waals surface area contributed by atoms with Crippen LogP contribution < -0.4 is 15.4 Å². The van der Waals surface area contributed by atoms with E-state index < -0.39 is 5.41 Å². The number of methoxy groups -OCH3 is 1. The number of carbonyl (C=O) groups is 2. The number of benzene rings is 1. The van der Waals surface area contributed by atoms with Crippen molar-refractivity contribution in [2.45, 2.75) is 49.6 Å². The molecule has 1 aliphatic carbocycles. The van der Waals surface area contributed by atoms with Gasteiger partial charge in [0.2, 0.25) is 12.3 Å². The number of carbonyl (C=O) groups excluding carboxylic acids is 2. The molecule has 2 fully saturated rings. The lowest BCUT2D eigenvalue weighted by Gasteiger charge is -2.39. The lowest BCUT2D eigenvalue weighted by Crippen LogP contribution is -2.45. The Bertz CT molecular complexity index is 682. The molecule has 1 aromatic carbocycles. The van der Waals surface area contributed by atoms with Gasteiger partial charge in [-0.05, 0) is 55.9 Å². The van der Waals surface area contributed by atoms with Gasteiger partial charge in [0.25, 0.3) is 0 Å². The Morgan fingerprint density at radius 1 is 1.32 bits per heavy atom. The number of nitrogens with one attached hydrogen (secondary N) is 2. The zero-order valence-corrected chi connectivity index (χ0v) is 14.6. The SMILES string of the molecule is COc1ccc2c(c1)C1(CCC(N3CCC(NC=O)C3)CC1)C(=O)N2. The summed E-state index contributed by atoms with van der Waals surface area (Å²) in [6, 6.07) is 6.64. The van der Waals surface area contributed by atoms with Gasteiger partial charge in [-0.2, -0.15) is 0 Å². The quantitative estimate of drug-likeness (QED) is 0.816. The zero-order valence-electron chi connectivity index (χ0n) is 14.6. The smallest absolute Gasteiger partial charge is 0.235 e. The Balaban J connectivity index is 1.48. The lowest BCUT2D eigenvalue weighted by atomic mass is 9.68. The molecule has 25 heavy (non-hydrogen) atoms. The fourth-order valence-electron chi connectivity index (χ4n) is 4.83. The van der Waals surface area contributed by atoms with E-state index in [1.165, 1.54) is 0 Å². The lowest BCUT2D eigenvalue weighted by molar-refractivity contribution is -0.122. The van der Waals surface area contributed by atoms with E-state index in [9.17, 15) is 9.59 Å². The first-order valence-corrected chi connectivity index (χ1v) is 9.10. The van der Waals surface area contributed by atoms with Gasteiger partial charge in [-0.25, -0.2) is 0 Å². The molecule has 3 aliphatic rings. The highest BCUT2D eigenvalue weighted by atomic mass is 16.5. The summed E-state index contributed by atoms with van der Waals surface area (Å²) in [5.41, 5.74) is 1.62. The summed E-state index contributed by atoms with van der Waals surface area (Å²) in [6.07, 6.45) is 5.58. The Hall–Kier alpha value is -2.08. The Morgan fingerprint density at radius 2 is 2.12 bits per heavy atom. The fourth-order valence-corrected chi connectivity index (χ4v) is 4.83. The van der Waals surface area contributed by atoms with E-state index in [1.54, 1.807) is 7.11 Å². The van der Waals surface area contributed by atoms with Gasteiger partial charge in [0.05, 0.1) is 12.5 Å². The van der Waals surface area contributed by atoms with Crippen LogP contribution in [0.2, 0.25) is 0 Å². The van der Waals surface area contributed by atoms with Gasteiger partial charge in [0, 0.05) is 30.9 Å². The number of hydrogen-bond acceptors (Lipinski definition) is 4. The molecule has 1 saturated heterocycles. The molecule has 6 nitrogen and oxygen atoms in total. The van der Waals surface area contributed by atoms with Crippen LogP contribution in [0.25, 0.3) is 0 Å². The molecule has 1 saturated carbocycles. The van der Waals surface area contributed by atoms with E-state index in [-0.39, 0.29) is 11.9 Å². The van der Waals surface area contributed by atoms with Gasteiger partial charge < -0.3 is 15.4 Å². The minimum absolute atomic E-state index is 0.135. The van der Waals surface area contributed by atoms with Crippen molar-refractivity contribution in [3.8, 4) is 5.75 Å². The average Bonchev–Trinajstić information content (AvgIpc) is 3.20. The molecule has 2 aliphatic heterocycles. The maximum absolute atomic E-state index is 12.8. The van der Waals surface area contributed by atoms with Crippen molar-refractivity contribution in [3.63, 3.8) is 0 Å². The summed E-state index contributed by atoms with van der Waals surface area (Å²) in [6.45, 7) is 1.95. The Labute approximate surface area is 147 Å². The molecule has 2 amide bonds. The molecular weight excluding hydrogens is 318 g/mol. The number of ether oxygens (including phenoxy) is 1. The van der Waals surface area contributed by atoms with Crippen LogP contribution in [0.5, 0.6) is 5.75 Å². The Kier molecular flexibility index (Phi) is 4.15. The minimum atomic E-state index is -0.402. The molecular formula is C19H25N3O3. The van der Waals surface area contributed by atoms with E-state index in [0.717, 1.165) is 68.6 Å². The number of rotatable bonds is 4. The molecule has 2 N–H and O–H groups in total. The van der Waals surface area contributed by atoms with Crippen LogP contribution in [0.4, 0.5) is 5.69 Å². The molecule has 1 aromatic rings. The van der Waals surface area contributed by atoms with E-state index in [4.69, 9.17) is 4.74 Å². The second kappa shape index (κ2) is 6.33.